The zero-order valence-corrected chi connectivity index (χ0v) is 11.0. The molecule has 0 saturated heterocycles. The Kier molecular flexibility index (Phi) is 6.69. The van der Waals surface area contributed by atoms with Gasteiger partial charge in [0.05, 0.1) is 7.11 Å². The second-order valence-corrected chi connectivity index (χ2v) is 3.40. The molecule has 0 aliphatic rings. The van der Waals surface area contributed by atoms with Crippen LogP contribution in [-0.4, -0.2) is 62.2 Å². The van der Waals surface area contributed by atoms with Crippen LogP contribution in [0.15, 0.2) is 4.99 Å². The van der Waals surface area contributed by atoms with Gasteiger partial charge in [-0.25, -0.2) is 9.59 Å². The smallest absolute Gasteiger partial charge is 0.347 e. The van der Waals surface area contributed by atoms with E-state index in [1.807, 2.05) is 13.8 Å². The van der Waals surface area contributed by atoms with Crippen molar-refractivity contribution in [1.29, 1.82) is 0 Å². The number of methoxy groups -OCH3 is 1. The minimum absolute atomic E-state index is 0.111. The van der Waals surface area contributed by atoms with Gasteiger partial charge >= 0.3 is 18.1 Å². The summed E-state index contributed by atoms with van der Waals surface area (Å²) in [5.74, 6) is 0. The SMILES string of the molecule is CCN(CC)C(=O)NC(=NC(=O)N(C)C)OC. The van der Waals surface area contributed by atoms with Gasteiger partial charge in [0.15, 0.2) is 0 Å². The summed E-state index contributed by atoms with van der Waals surface area (Å²) in [6, 6.07) is -0.954. The molecule has 0 rings (SSSR count). The maximum Gasteiger partial charge on any atom is 0.347 e. The van der Waals surface area contributed by atoms with Crippen LogP contribution in [0.25, 0.3) is 0 Å². The first-order chi connectivity index (χ1) is 7.96. The lowest BCUT2D eigenvalue weighted by molar-refractivity contribution is 0.205. The topological polar surface area (TPSA) is 74.2 Å². The number of urea groups is 2. The van der Waals surface area contributed by atoms with Crippen LogP contribution in [0.3, 0.4) is 0 Å². The summed E-state index contributed by atoms with van der Waals surface area (Å²) in [7, 11) is 4.46. The van der Waals surface area contributed by atoms with E-state index < -0.39 is 6.03 Å². The number of hydrogen-bond donors (Lipinski definition) is 1. The molecule has 7 heteroatoms. The van der Waals surface area contributed by atoms with E-state index in [0.29, 0.717) is 13.1 Å². The first kappa shape index (κ1) is 15.2. The second-order valence-electron chi connectivity index (χ2n) is 3.40. The van der Waals surface area contributed by atoms with Crippen LogP contribution < -0.4 is 5.32 Å². The van der Waals surface area contributed by atoms with E-state index >= 15 is 0 Å². The largest absolute Gasteiger partial charge is 0.468 e. The fourth-order valence-electron chi connectivity index (χ4n) is 0.993. The highest BCUT2D eigenvalue weighted by Crippen LogP contribution is 1.91. The molecular weight excluding hydrogens is 224 g/mol. The van der Waals surface area contributed by atoms with E-state index in [-0.39, 0.29) is 12.1 Å². The molecule has 98 valence electrons. The lowest BCUT2D eigenvalue weighted by Gasteiger charge is -2.19. The molecule has 4 amide bonds. The fourth-order valence-corrected chi connectivity index (χ4v) is 0.993. The Morgan fingerprint density at radius 1 is 1.24 bits per heavy atom. The molecule has 0 aromatic heterocycles. The monoisotopic (exact) mass is 244 g/mol. The molecule has 0 aliphatic carbocycles. The maximum atomic E-state index is 11.7. The highest BCUT2D eigenvalue weighted by atomic mass is 16.5. The Balaban J connectivity index is 4.60. The predicted molar refractivity (Wildman–Crippen MR) is 65.0 cm³/mol. The molecule has 7 nitrogen and oxygen atoms in total. The summed E-state index contributed by atoms with van der Waals surface area (Å²) >= 11 is 0. The molecule has 0 bridgehead atoms. The van der Waals surface area contributed by atoms with Crippen molar-refractivity contribution in [2.45, 2.75) is 13.8 Å². The van der Waals surface area contributed by atoms with E-state index in [1.54, 1.807) is 19.0 Å². The Labute approximate surface area is 101 Å². The molecular formula is C10H20N4O3. The minimum atomic E-state index is -0.498. The number of ether oxygens (including phenoxy) is 1. The van der Waals surface area contributed by atoms with Crippen molar-refractivity contribution in [2.24, 2.45) is 4.99 Å². The normalized spacial score (nSPS) is 10.8. The van der Waals surface area contributed by atoms with Crippen LogP contribution in [0.2, 0.25) is 0 Å². The van der Waals surface area contributed by atoms with Gasteiger partial charge in [-0.1, -0.05) is 0 Å². The van der Waals surface area contributed by atoms with Crippen molar-refractivity contribution in [2.75, 3.05) is 34.3 Å². The summed E-state index contributed by atoms with van der Waals surface area (Å²) in [6.07, 6.45) is 0. The standard InChI is InChI=1S/C10H20N4O3/c1-6-14(7-2)10(16)12-8(17-5)11-9(15)13(3)4/h6-7H2,1-5H3,(H,11,12,15,16). The number of amides is 4. The zero-order valence-electron chi connectivity index (χ0n) is 11.0. The number of carbonyl (C=O) groups excluding carboxylic acids is 2. The summed E-state index contributed by atoms with van der Waals surface area (Å²) in [5.41, 5.74) is 0. The number of nitrogens with one attached hydrogen (secondary N) is 1. The average molecular weight is 244 g/mol. The Morgan fingerprint density at radius 2 is 1.76 bits per heavy atom. The summed E-state index contributed by atoms with van der Waals surface area (Å²) in [4.78, 5) is 29.4. The maximum absolute atomic E-state index is 11.7. The van der Waals surface area contributed by atoms with Gasteiger partial charge in [0, 0.05) is 27.2 Å². The third kappa shape index (κ3) is 5.19. The van der Waals surface area contributed by atoms with Crippen molar-refractivity contribution < 1.29 is 14.3 Å². The summed E-state index contributed by atoms with van der Waals surface area (Å²) < 4.78 is 4.82. The molecule has 0 saturated carbocycles. The van der Waals surface area contributed by atoms with Crippen LogP contribution in [-0.2, 0) is 4.74 Å². The van der Waals surface area contributed by atoms with Crippen LogP contribution >= 0.6 is 0 Å². The molecule has 0 heterocycles. The fraction of sp³-hybridized carbons (Fsp3) is 0.700. The van der Waals surface area contributed by atoms with E-state index in [0.717, 1.165) is 0 Å². The molecule has 0 aromatic rings. The van der Waals surface area contributed by atoms with Gasteiger partial charge in [0.2, 0.25) is 0 Å². The number of nitrogens with zero attached hydrogens (tertiary/aromatic N) is 3. The van der Waals surface area contributed by atoms with E-state index in [1.165, 1.54) is 12.0 Å². The molecule has 0 unspecified atom stereocenters. The van der Waals surface area contributed by atoms with Crippen LogP contribution in [0.4, 0.5) is 9.59 Å². The molecule has 1 N–H and O–H groups in total. The van der Waals surface area contributed by atoms with Crippen LogP contribution in [0, 0.1) is 0 Å². The lowest BCUT2D eigenvalue weighted by Crippen LogP contribution is -2.43. The summed E-state index contributed by atoms with van der Waals surface area (Å²) in [5, 5.41) is 2.42. The van der Waals surface area contributed by atoms with Crippen molar-refractivity contribution in [3.63, 3.8) is 0 Å². The summed E-state index contributed by atoms with van der Waals surface area (Å²) in [6.45, 7) is 4.86. The Morgan fingerprint density at radius 3 is 2.12 bits per heavy atom. The molecule has 0 aliphatic heterocycles. The number of hydrogen-bond acceptors (Lipinski definition) is 3. The van der Waals surface area contributed by atoms with Gasteiger partial charge < -0.3 is 14.5 Å². The van der Waals surface area contributed by atoms with E-state index in [4.69, 9.17) is 4.74 Å². The van der Waals surface area contributed by atoms with Gasteiger partial charge in [-0.2, -0.15) is 0 Å². The highest BCUT2D eigenvalue weighted by molar-refractivity contribution is 5.98. The molecule has 0 atom stereocenters. The number of rotatable bonds is 2. The molecule has 0 spiro atoms. The van der Waals surface area contributed by atoms with Crippen molar-refractivity contribution >= 4 is 18.1 Å². The van der Waals surface area contributed by atoms with Crippen molar-refractivity contribution in [3.8, 4) is 0 Å². The molecule has 0 radical (unpaired) electrons. The molecule has 0 aromatic carbocycles. The number of amidine groups is 1. The van der Waals surface area contributed by atoms with Crippen LogP contribution in [0.5, 0.6) is 0 Å². The number of carbonyl (C=O) groups is 2. The van der Waals surface area contributed by atoms with Gasteiger partial charge in [0.1, 0.15) is 0 Å². The third-order valence-corrected chi connectivity index (χ3v) is 2.04. The highest BCUT2D eigenvalue weighted by Gasteiger charge is 2.13. The average Bonchev–Trinajstić information content (AvgIpc) is 2.29. The van der Waals surface area contributed by atoms with Gasteiger partial charge in [-0.3, -0.25) is 5.32 Å². The second kappa shape index (κ2) is 7.48. The zero-order chi connectivity index (χ0) is 13.4. The minimum Gasteiger partial charge on any atom is -0.468 e. The third-order valence-electron chi connectivity index (χ3n) is 2.04. The predicted octanol–water partition coefficient (Wildman–Crippen LogP) is 0.722. The first-order valence-corrected chi connectivity index (χ1v) is 5.36. The van der Waals surface area contributed by atoms with Crippen molar-refractivity contribution in [3.05, 3.63) is 0 Å². The van der Waals surface area contributed by atoms with Gasteiger partial charge in [-0.15, -0.1) is 4.99 Å². The van der Waals surface area contributed by atoms with Crippen molar-refractivity contribution in [1.82, 2.24) is 15.1 Å². The molecule has 17 heavy (non-hydrogen) atoms. The first-order valence-electron chi connectivity index (χ1n) is 5.36. The van der Waals surface area contributed by atoms with Gasteiger partial charge in [-0.05, 0) is 13.8 Å². The molecule has 0 fully saturated rings. The Bertz CT molecular complexity index is 298. The van der Waals surface area contributed by atoms with E-state index in [9.17, 15) is 9.59 Å². The number of aliphatic imine (C=N–C) groups is 1. The van der Waals surface area contributed by atoms with E-state index in [2.05, 4.69) is 10.3 Å². The Hall–Kier alpha value is -1.79. The van der Waals surface area contributed by atoms with Crippen LogP contribution in [0.1, 0.15) is 13.8 Å². The quantitative estimate of drug-likeness (QED) is 0.574. The van der Waals surface area contributed by atoms with Gasteiger partial charge in [0.25, 0.3) is 0 Å². The lowest BCUT2D eigenvalue weighted by atomic mass is 10.5.